The summed E-state index contributed by atoms with van der Waals surface area (Å²) in [6.07, 6.45) is 8.84. The highest BCUT2D eigenvalue weighted by molar-refractivity contribution is 5.88. The van der Waals surface area contributed by atoms with E-state index in [2.05, 4.69) is 20.9 Å². The van der Waals surface area contributed by atoms with Crippen LogP contribution in [-0.2, 0) is 4.74 Å². The van der Waals surface area contributed by atoms with Crippen molar-refractivity contribution in [3.63, 3.8) is 0 Å². The summed E-state index contributed by atoms with van der Waals surface area (Å²) in [6, 6.07) is 4.07. The third-order valence-corrected chi connectivity index (χ3v) is 5.65. The van der Waals surface area contributed by atoms with Crippen LogP contribution in [0.25, 0.3) is 16.7 Å². The van der Waals surface area contributed by atoms with Crippen LogP contribution < -0.4 is 4.90 Å². The molecular weight excluding hydrogens is 318 g/mol. The lowest BCUT2D eigenvalue weighted by Crippen LogP contribution is -2.35. The Morgan fingerprint density at radius 2 is 1.96 bits per heavy atom. The maximum absolute atomic E-state index is 11.7. The second-order valence-electron chi connectivity index (χ2n) is 7.08. The number of fused-ring (bicyclic) bond motifs is 3. The number of hydrogen-bond donors (Lipinski definition) is 0. The minimum Gasteiger partial charge on any atom is -0.463 e. The summed E-state index contributed by atoms with van der Waals surface area (Å²) < 4.78 is 6.77. The Labute approximate surface area is 144 Å². The van der Waals surface area contributed by atoms with Gasteiger partial charge in [-0.05, 0) is 43.2 Å². The van der Waals surface area contributed by atoms with Gasteiger partial charge >= 0.3 is 5.97 Å². The molecule has 25 heavy (non-hydrogen) atoms. The molecule has 0 bridgehead atoms. The van der Waals surface area contributed by atoms with E-state index >= 15 is 0 Å². The van der Waals surface area contributed by atoms with Gasteiger partial charge in [0.1, 0.15) is 5.52 Å². The van der Waals surface area contributed by atoms with Crippen molar-refractivity contribution in [1.29, 1.82) is 0 Å². The molecule has 7 heteroatoms. The monoisotopic (exact) mass is 337 g/mol. The number of methoxy groups -OCH3 is 1. The quantitative estimate of drug-likeness (QED) is 0.669. The Balaban J connectivity index is 1.63. The second-order valence-corrected chi connectivity index (χ2v) is 7.08. The predicted octanol–water partition coefficient (Wildman–Crippen LogP) is 2.44. The molecule has 1 saturated carbocycles. The second kappa shape index (κ2) is 5.15. The topological polar surface area (TPSA) is 72.6 Å². The lowest BCUT2D eigenvalue weighted by molar-refractivity contribution is 0.0587. The van der Waals surface area contributed by atoms with E-state index in [0.29, 0.717) is 11.1 Å². The Hall–Kier alpha value is -2.70. The molecule has 1 aliphatic heterocycles. The van der Waals surface area contributed by atoms with Gasteiger partial charge in [-0.25, -0.2) is 19.7 Å². The zero-order valence-electron chi connectivity index (χ0n) is 14.1. The van der Waals surface area contributed by atoms with Gasteiger partial charge in [0, 0.05) is 19.3 Å². The van der Waals surface area contributed by atoms with Crippen LogP contribution in [0.15, 0.2) is 24.5 Å². The van der Waals surface area contributed by atoms with Crippen LogP contribution >= 0.6 is 0 Å². The molecule has 1 aliphatic carbocycles. The first-order chi connectivity index (χ1) is 12.2. The summed E-state index contributed by atoms with van der Waals surface area (Å²) in [5, 5.41) is 0. The number of piperidine rings is 1. The van der Waals surface area contributed by atoms with Gasteiger partial charge in [0.25, 0.3) is 0 Å². The summed E-state index contributed by atoms with van der Waals surface area (Å²) in [5.74, 6) is 0.421. The maximum atomic E-state index is 11.7. The first kappa shape index (κ1) is 14.6. The molecule has 4 heterocycles. The molecule has 0 radical (unpaired) electrons. The zero-order valence-corrected chi connectivity index (χ0v) is 14.1. The van der Waals surface area contributed by atoms with Gasteiger partial charge in [-0.2, -0.15) is 0 Å². The predicted molar refractivity (Wildman–Crippen MR) is 92.7 cm³/mol. The molecular formula is C18H19N5O2. The van der Waals surface area contributed by atoms with Crippen molar-refractivity contribution in [2.45, 2.75) is 25.7 Å². The Morgan fingerprint density at radius 3 is 2.68 bits per heavy atom. The summed E-state index contributed by atoms with van der Waals surface area (Å²) in [4.78, 5) is 27.3. The molecule has 2 aliphatic rings. The van der Waals surface area contributed by atoms with Gasteiger partial charge in [0.2, 0.25) is 5.82 Å². The molecule has 1 spiro atoms. The number of ether oxygens (including phenoxy) is 1. The molecule has 0 atom stereocenters. The summed E-state index contributed by atoms with van der Waals surface area (Å²) in [5.41, 5.74) is 2.97. The van der Waals surface area contributed by atoms with Gasteiger partial charge in [0.15, 0.2) is 11.5 Å². The number of carbonyl (C=O) groups excluding carboxylic acids is 1. The number of carbonyl (C=O) groups is 1. The Morgan fingerprint density at radius 1 is 1.16 bits per heavy atom. The van der Waals surface area contributed by atoms with Crippen LogP contribution in [0.3, 0.4) is 0 Å². The third kappa shape index (κ3) is 2.26. The highest BCUT2D eigenvalue weighted by atomic mass is 16.5. The van der Waals surface area contributed by atoms with E-state index in [9.17, 15) is 4.79 Å². The van der Waals surface area contributed by atoms with E-state index in [1.54, 1.807) is 6.20 Å². The first-order valence-corrected chi connectivity index (χ1v) is 8.66. The number of nitrogens with zero attached hydrogens (tertiary/aromatic N) is 5. The molecule has 0 amide bonds. The standard InChI is InChI=1S/C18H19N5O2/c1-25-17(24)15-19-11-13-14(20-15)21-16(12-3-2-8-23(12)13)22-9-6-18(4-5-18)7-10-22/h2-3,8,11H,4-7,9-10H2,1H3. The zero-order chi connectivity index (χ0) is 17.0. The fraction of sp³-hybridized carbons (Fsp3) is 0.444. The van der Waals surface area contributed by atoms with Crippen LogP contribution in [0.2, 0.25) is 0 Å². The number of aromatic nitrogens is 4. The van der Waals surface area contributed by atoms with Crippen LogP contribution in [0.4, 0.5) is 5.82 Å². The Kier molecular flexibility index (Phi) is 3.01. The fourth-order valence-electron chi connectivity index (χ4n) is 3.84. The van der Waals surface area contributed by atoms with Crippen LogP contribution in [0.5, 0.6) is 0 Å². The van der Waals surface area contributed by atoms with E-state index in [0.717, 1.165) is 29.9 Å². The smallest absolute Gasteiger partial charge is 0.376 e. The number of rotatable bonds is 2. The van der Waals surface area contributed by atoms with E-state index in [-0.39, 0.29) is 5.82 Å². The van der Waals surface area contributed by atoms with Crippen molar-refractivity contribution < 1.29 is 9.53 Å². The van der Waals surface area contributed by atoms with E-state index in [1.165, 1.54) is 32.8 Å². The number of hydrogen-bond acceptors (Lipinski definition) is 6. The van der Waals surface area contributed by atoms with Crippen molar-refractivity contribution in [2.24, 2.45) is 5.41 Å². The minimum atomic E-state index is -0.550. The third-order valence-electron chi connectivity index (χ3n) is 5.65. The van der Waals surface area contributed by atoms with Crippen LogP contribution in [0, 0.1) is 5.41 Å². The average Bonchev–Trinajstić information content (AvgIpc) is 3.21. The van der Waals surface area contributed by atoms with Gasteiger partial charge in [-0.15, -0.1) is 0 Å². The molecule has 128 valence electrons. The van der Waals surface area contributed by atoms with Crippen molar-refractivity contribution in [1.82, 2.24) is 19.4 Å². The summed E-state index contributed by atoms with van der Waals surface area (Å²) in [7, 11) is 1.32. The SMILES string of the molecule is COC(=O)c1ncc2c(n1)nc(N1CCC3(CC1)CC3)c1cccn12. The summed E-state index contributed by atoms with van der Waals surface area (Å²) >= 11 is 0. The number of anilines is 1. The largest absolute Gasteiger partial charge is 0.463 e. The van der Waals surface area contributed by atoms with Crippen LogP contribution in [-0.4, -0.2) is 45.5 Å². The lowest BCUT2D eigenvalue weighted by atomic mass is 9.94. The van der Waals surface area contributed by atoms with Crippen LogP contribution in [0.1, 0.15) is 36.3 Å². The first-order valence-electron chi connectivity index (χ1n) is 8.66. The normalized spacial score (nSPS) is 18.8. The molecule has 0 N–H and O–H groups in total. The maximum Gasteiger partial charge on any atom is 0.376 e. The van der Waals surface area contributed by atoms with Crippen molar-refractivity contribution >= 4 is 28.5 Å². The molecule has 3 aromatic rings. The number of esters is 1. The van der Waals surface area contributed by atoms with Crippen molar-refractivity contribution in [2.75, 3.05) is 25.1 Å². The summed E-state index contributed by atoms with van der Waals surface area (Å²) in [6.45, 7) is 2.04. The van der Waals surface area contributed by atoms with Gasteiger partial charge in [-0.3, -0.25) is 0 Å². The Bertz CT molecular complexity index is 982. The fourth-order valence-corrected chi connectivity index (χ4v) is 3.84. The van der Waals surface area contributed by atoms with Crippen molar-refractivity contribution in [3.05, 3.63) is 30.4 Å². The molecule has 1 saturated heterocycles. The minimum absolute atomic E-state index is 0.0375. The van der Waals surface area contributed by atoms with Crippen molar-refractivity contribution in [3.8, 4) is 0 Å². The molecule has 7 nitrogen and oxygen atoms in total. The highest BCUT2D eigenvalue weighted by Crippen LogP contribution is 2.54. The molecule has 0 unspecified atom stereocenters. The van der Waals surface area contributed by atoms with E-state index in [4.69, 9.17) is 9.72 Å². The van der Waals surface area contributed by atoms with E-state index in [1.807, 2.05) is 16.7 Å². The molecule has 2 fully saturated rings. The van der Waals surface area contributed by atoms with Gasteiger partial charge < -0.3 is 14.0 Å². The molecule has 5 rings (SSSR count). The van der Waals surface area contributed by atoms with Gasteiger partial charge in [0.05, 0.1) is 18.8 Å². The highest BCUT2D eigenvalue weighted by Gasteiger charge is 2.44. The van der Waals surface area contributed by atoms with Gasteiger partial charge in [-0.1, -0.05) is 0 Å². The average molecular weight is 337 g/mol. The lowest BCUT2D eigenvalue weighted by Gasteiger charge is -2.33. The molecule has 3 aromatic heterocycles. The van der Waals surface area contributed by atoms with E-state index < -0.39 is 5.97 Å². The molecule has 0 aromatic carbocycles.